The lowest BCUT2D eigenvalue weighted by Crippen LogP contribution is -2.15. The van der Waals surface area contributed by atoms with Crippen molar-refractivity contribution in [3.8, 4) is 0 Å². The predicted molar refractivity (Wildman–Crippen MR) is 57.8 cm³/mol. The van der Waals surface area contributed by atoms with E-state index in [-0.39, 0.29) is 11.7 Å². The van der Waals surface area contributed by atoms with E-state index in [1.165, 1.54) is 11.1 Å². The molecule has 1 nitrogen and oxygen atoms in total. The van der Waals surface area contributed by atoms with Crippen LogP contribution in [0.25, 0.3) is 0 Å². The van der Waals surface area contributed by atoms with E-state index in [9.17, 15) is 4.79 Å². The summed E-state index contributed by atoms with van der Waals surface area (Å²) in [4.78, 5) is 11.4. The van der Waals surface area contributed by atoms with Crippen LogP contribution in [0.5, 0.6) is 0 Å². The maximum Gasteiger partial charge on any atom is 0.137 e. The molecule has 0 bridgehead atoms. The van der Waals surface area contributed by atoms with Crippen LogP contribution in [0, 0.1) is 0 Å². The highest BCUT2D eigenvalue weighted by Gasteiger charge is 2.23. The Kier molecular flexibility index (Phi) is 2.60. The first kappa shape index (κ1) is 9.72. The molecule has 1 aliphatic rings. The van der Waals surface area contributed by atoms with Gasteiger partial charge in [0.1, 0.15) is 5.78 Å². The molecular weight excluding hydrogens is 196 g/mol. The topological polar surface area (TPSA) is 17.1 Å². The summed E-state index contributed by atoms with van der Waals surface area (Å²) in [7, 11) is 0. The van der Waals surface area contributed by atoms with Crippen LogP contribution in [0.15, 0.2) is 18.2 Å². The molecule has 1 unspecified atom stereocenters. The van der Waals surface area contributed by atoms with E-state index in [2.05, 4.69) is 0 Å². The number of ketones is 1. The molecule has 1 atom stereocenters. The van der Waals surface area contributed by atoms with Gasteiger partial charge >= 0.3 is 0 Å². The van der Waals surface area contributed by atoms with Crippen molar-refractivity contribution in [2.45, 2.75) is 32.1 Å². The minimum Gasteiger partial charge on any atom is -0.299 e. The minimum atomic E-state index is 0.107. The second kappa shape index (κ2) is 3.74. The summed E-state index contributed by atoms with van der Waals surface area (Å²) in [5.74, 6) is 0.379. The Labute approximate surface area is 89.1 Å². The molecule has 1 aliphatic carbocycles. The van der Waals surface area contributed by atoms with Gasteiger partial charge in [0.15, 0.2) is 0 Å². The number of aryl methyl sites for hydroxylation is 1. The third-order valence-corrected chi connectivity index (χ3v) is 3.15. The van der Waals surface area contributed by atoms with Crippen molar-refractivity contribution in [2.24, 2.45) is 0 Å². The first-order chi connectivity index (χ1) is 6.68. The summed E-state index contributed by atoms with van der Waals surface area (Å²) in [5.41, 5.74) is 2.44. The van der Waals surface area contributed by atoms with Crippen LogP contribution in [0.1, 0.15) is 36.8 Å². The van der Waals surface area contributed by atoms with Crippen LogP contribution < -0.4 is 0 Å². The Bertz CT molecular complexity index is 371. The number of benzene rings is 1. The normalized spacial score (nSPS) is 20.3. The molecule has 0 N–H and O–H groups in total. The first-order valence-corrected chi connectivity index (χ1v) is 5.35. The van der Waals surface area contributed by atoms with Crippen LogP contribution in [0.3, 0.4) is 0 Å². The molecule has 0 spiro atoms. The number of hydrogen-bond acceptors (Lipinski definition) is 1. The first-order valence-electron chi connectivity index (χ1n) is 4.97. The van der Waals surface area contributed by atoms with Crippen molar-refractivity contribution in [1.29, 1.82) is 0 Å². The van der Waals surface area contributed by atoms with Gasteiger partial charge in [0.05, 0.1) is 0 Å². The van der Waals surface area contributed by atoms with Crippen molar-refractivity contribution in [1.82, 2.24) is 0 Å². The highest BCUT2D eigenvalue weighted by Crippen LogP contribution is 2.33. The van der Waals surface area contributed by atoms with E-state index in [4.69, 9.17) is 11.6 Å². The summed E-state index contributed by atoms with van der Waals surface area (Å²) < 4.78 is 0. The monoisotopic (exact) mass is 208 g/mol. The molecule has 0 saturated carbocycles. The number of halogens is 1. The van der Waals surface area contributed by atoms with Gasteiger partial charge in [-0.1, -0.05) is 17.7 Å². The van der Waals surface area contributed by atoms with Gasteiger partial charge in [-0.15, -0.1) is 0 Å². The zero-order chi connectivity index (χ0) is 10.1. The van der Waals surface area contributed by atoms with E-state index >= 15 is 0 Å². The molecular formula is C12H13ClO. The summed E-state index contributed by atoms with van der Waals surface area (Å²) in [6.45, 7) is 1.67. The molecule has 0 aliphatic heterocycles. The van der Waals surface area contributed by atoms with E-state index in [0.29, 0.717) is 0 Å². The lowest BCUT2D eigenvalue weighted by molar-refractivity contribution is -0.118. The SMILES string of the molecule is CC(=O)C1CCCc2cc(Cl)ccc21. The Hall–Kier alpha value is -0.820. The van der Waals surface area contributed by atoms with Crippen molar-refractivity contribution in [3.63, 3.8) is 0 Å². The van der Waals surface area contributed by atoms with Crippen LogP contribution in [0.2, 0.25) is 5.02 Å². The van der Waals surface area contributed by atoms with E-state index < -0.39 is 0 Å². The molecule has 0 fully saturated rings. The molecule has 2 rings (SSSR count). The smallest absolute Gasteiger partial charge is 0.137 e. The van der Waals surface area contributed by atoms with Gasteiger partial charge in [-0.05, 0) is 49.4 Å². The lowest BCUT2D eigenvalue weighted by atomic mass is 9.81. The summed E-state index contributed by atoms with van der Waals surface area (Å²) in [6.07, 6.45) is 3.14. The Balaban J connectivity index is 2.44. The van der Waals surface area contributed by atoms with E-state index in [1.807, 2.05) is 18.2 Å². The molecule has 74 valence electrons. The predicted octanol–water partition coefficient (Wildman–Crippen LogP) is 3.35. The summed E-state index contributed by atoms with van der Waals surface area (Å²) in [5, 5.41) is 0.771. The Morgan fingerprint density at radius 1 is 1.50 bits per heavy atom. The molecule has 0 radical (unpaired) electrons. The molecule has 14 heavy (non-hydrogen) atoms. The maximum atomic E-state index is 11.4. The molecule has 0 heterocycles. The number of carbonyl (C=O) groups is 1. The van der Waals surface area contributed by atoms with Crippen molar-refractivity contribution in [3.05, 3.63) is 34.3 Å². The van der Waals surface area contributed by atoms with Crippen molar-refractivity contribution in [2.75, 3.05) is 0 Å². The second-order valence-electron chi connectivity index (χ2n) is 3.90. The number of carbonyl (C=O) groups excluding carboxylic acids is 1. The second-order valence-corrected chi connectivity index (χ2v) is 4.34. The van der Waals surface area contributed by atoms with Gasteiger partial charge in [0.2, 0.25) is 0 Å². The van der Waals surface area contributed by atoms with Gasteiger partial charge < -0.3 is 0 Å². The zero-order valence-corrected chi connectivity index (χ0v) is 8.97. The van der Waals surface area contributed by atoms with Gasteiger partial charge in [-0.25, -0.2) is 0 Å². The largest absolute Gasteiger partial charge is 0.299 e. The molecule has 1 aromatic rings. The zero-order valence-electron chi connectivity index (χ0n) is 8.22. The van der Waals surface area contributed by atoms with E-state index in [1.54, 1.807) is 6.92 Å². The van der Waals surface area contributed by atoms with Crippen LogP contribution in [0.4, 0.5) is 0 Å². The summed E-state index contributed by atoms with van der Waals surface area (Å²) in [6, 6.07) is 5.87. The van der Waals surface area contributed by atoms with Crippen LogP contribution >= 0.6 is 11.6 Å². The molecule has 0 aromatic heterocycles. The quantitative estimate of drug-likeness (QED) is 0.692. The van der Waals surface area contributed by atoms with Gasteiger partial charge in [-0.2, -0.15) is 0 Å². The van der Waals surface area contributed by atoms with Gasteiger partial charge in [0, 0.05) is 10.9 Å². The fraction of sp³-hybridized carbons (Fsp3) is 0.417. The van der Waals surface area contributed by atoms with Gasteiger partial charge in [0.25, 0.3) is 0 Å². The highest BCUT2D eigenvalue weighted by molar-refractivity contribution is 6.30. The molecule has 0 saturated heterocycles. The fourth-order valence-electron chi connectivity index (χ4n) is 2.21. The highest BCUT2D eigenvalue weighted by atomic mass is 35.5. The summed E-state index contributed by atoms with van der Waals surface area (Å²) >= 11 is 5.92. The molecule has 2 heteroatoms. The Morgan fingerprint density at radius 3 is 3.00 bits per heavy atom. The average Bonchev–Trinajstić information content (AvgIpc) is 2.16. The van der Waals surface area contributed by atoms with Crippen LogP contribution in [-0.2, 0) is 11.2 Å². The number of hydrogen-bond donors (Lipinski definition) is 0. The van der Waals surface area contributed by atoms with E-state index in [0.717, 1.165) is 24.3 Å². The van der Waals surface area contributed by atoms with Crippen molar-refractivity contribution < 1.29 is 4.79 Å². The van der Waals surface area contributed by atoms with Gasteiger partial charge in [-0.3, -0.25) is 4.79 Å². The lowest BCUT2D eigenvalue weighted by Gasteiger charge is -2.23. The van der Waals surface area contributed by atoms with Crippen LogP contribution in [-0.4, -0.2) is 5.78 Å². The maximum absolute atomic E-state index is 11.4. The average molecular weight is 209 g/mol. The Morgan fingerprint density at radius 2 is 2.29 bits per heavy atom. The number of rotatable bonds is 1. The third kappa shape index (κ3) is 1.69. The molecule has 0 amide bonds. The van der Waals surface area contributed by atoms with Crippen molar-refractivity contribution >= 4 is 17.4 Å². The minimum absolute atomic E-state index is 0.107. The number of fused-ring (bicyclic) bond motifs is 1. The molecule has 1 aromatic carbocycles. The third-order valence-electron chi connectivity index (χ3n) is 2.91. The fourth-order valence-corrected chi connectivity index (χ4v) is 2.40. The number of Topliss-reactive ketones (excluding diaryl/α,β-unsaturated/α-hetero) is 1. The standard InChI is InChI=1S/C12H13ClO/c1-8(14)11-4-2-3-9-7-10(13)5-6-12(9)11/h5-7,11H,2-4H2,1H3.